The molecule has 1 amide bonds. The van der Waals surface area contributed by atoms with Crippen molar-refractivity contribution in [3.63, 3.8) is 0 Å². The van der Waals surface area contributed by atoms with Gasteiger partial charge in [-0.15, -0.1) is 0 Å². The first kappa shape index (κ1) is 20.4. The number of nitrogens with one attached hydrogen (secondary N) is 3. The van der Waals surface area contributed by atoms with Gasteiger partial charge in [-0.2, -0.15) is 0 Å². The van der Waals surface area contributed by atoms with E-state index in [0.29, 0.717) is 29.5 Å². The number of carbonyl (C=O) groups excluding carboxylic acids is 1. The van der Waals surface area contributed by atoms with Crippen molar-refractivity contribution in [2.45, 2.75) is 13.1 Å². The summed E-state index contributed by atoms with van der Waals surface area (Å²) in [5.41, 5.74) is 3.31. The average molecular weight is 406 g/mol. The lowest BCUT2D eigenvalue weighted by Gasteiger charge is -2.14. The Morgan fingerprint density at radius 1 is 0.828 bits per heavy atom. The van der Waals surface area contributed by atoms with E-state index in [1.807, 2.05) is 72.8 Å². The standard InChI is InChI=1S/C23H23N3O2S/c1-28-19-13-11-18(12-14-19)16-25-23(29)26-21-10-6-5-9-20(21)22(27)24-15-17-7-3-2-4-8-17/h2-14H,15-16H2,1H3,(H,24,27)(H2,25,26,29). The van der Waals surface area contributed by atoms with Crippen molar-refractivity contribution in [1.29, 1.82) is 0 Å². The summed E-state index contributed by atoms with van der Waals surface area (Å²) < 4.78 is 5.16. The highest BCUT2D eigenvalue weighted by atomic mass is 32.1. The molecular formula is C23H23N3O2S. The number of rotatable bonds is 7. The Kier molecular flexibility index (Phi) is 7.19. The molecule has 0 atom stereocenters. The SMILES string of the molecule is COc1ccc(CNC(=S)Nc2ccccc2C(=O)NCc2ccccc2)cc1. The minimum atomic E-state index is -0.157. The molecule has 3 aromatic carbocycles. The van der Waals surface area contributed by atoms with Gasteiger partial charge in [0.1, 0.15) is 5.75 Å². The number of ether oxygens (including phenoxy) is 1. The maximum Gasteiger partial charge on any atom is 0.253 e. The second kappa shape index (κ2) is 10.2. The third-order valence-corrected chi connectivity index (χ3v) is 4.57. The number of carbonyl (C=O) groups is 1. The van der Waals surface area contributed by atoms with Crippen molar-refractivity contribution < 1.29 is 9.53 Å². The van der Waals surface area contributed by atoms with Crippen molar-refractivity contribution in [1.82, 2.24) is 10.6 Å². The van der Waals surface area contributed by atoms with E-state index in [9.17, 15) is 4.79 Å². The molecule has 0 radical (unpaired) electrons. The van der Waals surface area contributed by atoms with Gasteiger partial charge in [0.05, 0.1) is 18.4 Å². The van der Waals surface area contributed by atoms with Crippen LogP contribution < -0.4 is 20.7 Å². The Labute approximate surface area is 176 Å². The molecule has 3 aromatic rings. The molecule has 3 N–H and O–H groups in total. The van der Waals surface area contributed by atoms with Crippen molar-refractivity contribution >= 4 is 28.9 Å². The molecule has 0 saturated heterocycles. The van der Waals surface area contributed by atoms with Crippen LogP contribution >= 0.6 is 12.2 Å². The van der Waals surface area contributed by atoms with E-state index in [2.05, 4.69) is 16.0 Å². The predicted molar refractivity (Wildman–Crippen MR) is 120 cm³/mol. The van der Waals surface area contributed by atoms with E-state index >= 15 is 0 Å². The highest BCUT2D eigenvalue weighted by molar-refractivity contribution is 7.80. The summed E-state index contributed by atoms with van der Waals surface area (Å²) in [5.74, 6) is 0.653. The minimum Gasteiger partial charge on any atom is -0.497 e. The first-order valence-electron chi connectivity index (χ1n) is 9.24. The van der Waals surface area contributed by atoms with Crippen molar-refractivity contribution in [3.8, 4) is 5.75 Å². The summed E-state index contributed by atoms with van der Waals surface area (Å²) in [6, 6.07) is 24.8. The molecule has 0 fully saturated rings. The Morgan fingerprint density at radius 2 is 1.45 bits per heavy atom. The third kappa shape index (κ3) is 6.05. The van der Waals surface area contributed by atoms with Gasteiger partial charge in [-0.3, -0.25) is 4.79 Å². The normalized spacial score (nSPS) is 10.1. The van der Waals surface area contributed by atoms with Gasteiger partial charge in [0.25, 0.3) is 5.91 Å². The first-order chi connectivity index (χ1) is 14.2. The van der Waals surface area contributed by atoms with Gasteiger partial charge in [0.2, 0.25) is 0 Å². The van der Waals surface area contributed by atoms with Gasteiger partial charge in [0, 0.05) is 13.1 Å². The molecule has 0 heterocycles. The van der Waals surface area contributed by atoms with Gasteiger partial charge in [0.15, 0.2) is 5.11 Å². The third-order valence-electron chi connectivity index (χ3n) is 4.33. The molecule has 0 saturated carbocycles. The maximum absolute atomic E-state index is 12.6. The van der Waals surface area contributed by atoms with Crippen LogP contribution in [0.15, 0.2) is 78.9 Å². The second-order valence-corrected chi connectivity index (χ2v) is 6.78. The lowest BCUT2D eigenvalue weighted by molar-refractivity contribution is 0.0952. The molecule has 0 aliphatic heterocycles. The van der Waals surface area contributed by atoms with Gasteiger partial charge >= 0.3 is 0 Å². The molecule has 0 aliphatic carbocycles. The molecule has 0 unspecified atom stereocenters. The Bertz CT molecular complexity index is 959. The molecule has 0 spiro atoms. The average Bonchev–Trinajstić information content (AvgIpc) is 2.77. The zero-order valence-corrected chi connectivity index (χ0v) is 17.0. The first-order valence-corrected chi connectivity index (χ1v) is 9.65. The zero-order chi connectivity index (χ0) is 20.5. The molecule has 6 heteroatoms. The summed E-state index contributed by atoms with van der Waals surface area (Å²) in [7, 11) is 1.64. The molecule has 0 aliphatic rings. The molecule has 5 nitrogen and oxygen atoms in total. The predicted octanol–water partition coefficient (Wildman–Crippen LogP) is 4.11. The summed E-state index contributed by atoms with van der Waals surface area (Å²) >= 11 is 5.39. The van der Waals surface area contributed by atoms with E-state index in [0.717, 1.165) is 16.9 Å². The lowest BCUT2D eigenvalue weighted by Crippen LogP contribution is -2.30. The number of hydrogen-bond donors (Lipinski definition) is 3. The van der Waals surface area contributed by atoms with Crippen LogP contribution in [0.1, 0.15) is 21.5 Å². The Morgan fingerprint density at radius 3 is 2.17 bits per heavy atom. The van der Waals surface area contributed by atoms with Gasteiger partial charge in [-0.1, -0.05) is 54.6 Å². The molecular weight excluding hydrogens is 382 g/mol. The number of benzene rings is 3. The lowest BCUT2D eigenvalue weighted by atomic mass is 10.1. The number of para-hydroxylation sites is 1. The number of anilines is 1. The van der Waals surface area contributed by atoms with Crippen molar-refractivity contribution in [2.24, 2.45) is 0 Å². The summed E-state index contributed by atoms with van der Waals surface area (Å²) in [5, 5.41) is 9.67. The Balaban J connectivity index is 1.57. The minimum absolute atomic E-state index is 0.157. The van der Waals surface area contributed by atoms with Crippen molar-refractivity contribution in [2.75, 3.05) is 12.4 Å². The van der Waals surface area contributed by atoms with Crippen LogP contribution in [0.3, 0.4) is 0 Å². The highest BCUT2D eigenvalue weighted by Crippen LogP contribution is 2.16. The molecule has 29 heavy (non-hydrogen) atoms. The smallest absolute Gasteiger partial charge is 0.253 e. The number of amides is 1. The highest BCUT2D eigenvalue weighted by Gasteiger charge is 2.11. The van der Waals surface area contributed by atoms with Crippen LogP contribution in [-0.4, -0.2) is 18.1 Å². The van der Waals surface area contributed by atoms with Crippen LogP contribution in [0.25, 0.3) is 0 Å². The fourth-order valence-electron chi connectivity index (χ4n) is 2.76. The van der Waals surface area contributed by atoms with E-state index in [1.54, 1.807) is 13.2 Å². The fraction of sp³-hybridized carbons (Fsp3) is 0.130. The second-order valence-electron chi connectivity index (χ2n) is 6.37. The number of methoxy groups -OCH3 is 1. The van der Waals surface area contributed by atoms with E-state index in [1.165, 1.54) is 0 Å². The molecule has 3 rings (SSSR count). The van der Waals surface area contributed by atoms with Gasteiger partial charge in [-0.05, 0) is 47.6 Å². The molecule has 148 valence electrons. The van der Waals surface area contributed by atoms with Crippen LogP contribution in [0.5, 0.6) is 5.75 Å². The number of thiocarbonyl (C=S) groups is 1. The van der Waals surface area contributed by atoms with Crippen molar-refractivity contribution in [3.05, 3.63) is 95.6 Å². The van der Waals surface area contributed by atoms with Gasteiger partial charge < -0.3 is 20.7 Å². The largest absolute Gasteiger partial charge is 0.497 e. The number of hydrogen-bond acceptors (Lipinski definition) is 3. The van der Waals surface area contributed by atoms with Crippen LogP contribution in [-0.2, 0) is 13.1 Å². The van der Waals surface area contributed by atoms with E-state index in [-0.39, 0.29) is 5.91 Å². The van der Waals surface area contributed by atoms with E-state index < -0.39 is 0 Å². The topological polar surface area (TPSA) is 62.4 Å². The van der Waals surface area contributed by atoms with E-state index in [4.69, 9.17) is 17.0 Å². The molecule has 0 aromatic heterocycles. The quantitative estimate of drug-likeness (QED) is 0.517. The maximum atomic E-state index is 12.6. The van der Waals surface area contributed by atoms with Crippen LogP contribution in [0, 0.1) is 0 Å². The Hall–Kier alpha value is -3.38. The van der Waals surface area contributed by atoms with Crippen LogP contribution in [0.2, 0.25) is 0 Å². The zero-order valence-electron chi connectivity index (χ0n) is 16.1. The van der Waals surface area contributed by atoms with Crippen LogP contribution in [0.4, 0.5) is 5.69 Å². The summed E-state index contributed by atoms with van der Waals surface area (Å²) in [6.45, 7) is 1.03. The molecule has 0 bridgehead atoms. The summed E-state index contributed by atoms with van der Waals surface area (Å²) in [6.07, 6.45) is 0. The fourth-order valence-corrected chi connectivity index (χ4v) is 2.94. The monoisotopic (exact) mass is 405 g/mol. The van der Waals surface area contributed by atoms with Gasteiger partial charge in [-0.25, -0.2) is 0 Å². The summed E-state index contributed by atoms with van der Waals surface area (Å²) in [4.78, 5) is 12.6.